The number of nitriles is 1. The van der Waals surface area contributed by atoms with Crippen LogP contribution in [0, 0.1) is 11.3 Å². The molecular formula is C18H22N4O4. The van der Waals surface area contributed by atoms with Crippen molar-refractivity contribution >= 4 is 23.6 Å². The van der Waals surface area contributed by atoms with Crippen LogP contribution in [-0.4, -0.2) is 43.1 Å². The number of nitrogens with zero attached hydrogens (tertiary/aromatic N) is 2. The number of carbonyl (C=O) groups is 3. The minimum Gasteiger partial charge on any atom is -0.466 e. The lowest BCUT2D eigenvalue weighted by molar-refractivity contribution is -0.143. The van der Waals surface area contributed by atoms with E-state index in [2.05, 4.69) is 10.6 Å². The van der Waals surface area contributed by atoms with Gasteiger partial charge in [0, 0.05) is 18.3 Å². The second-order valence-corrected chi connectivity index (χ2v) is 6.02. The van der Waals surface area contributed by atoms with Crippen LogP contribution in [-0.2, 0) is 14.3 Å². The van der Waals surface area contributed by atoms with E-state index in [-0.39, 0.29) is 18.3 Å². The molecule has 0 radical (unpaired) electrons. The molecule has 2 rings (SSSR count). The van der Waals surface area contributed by atoms with Gasteiger partial charge < -0.3 is 20.3 Å². The van der Waals surface area contributed by atoms with E-state index < -0.39 is 18.1 Å². The predicted octanol–water partition coefficient (Wildman–Crippen LogP) is 1.30. The molecule has 138 valence electrons. The van der Waals surface area contributed by atoms with Gasteiger partial charge in [-0.05, 0) is 44.5 Å². The molecule has 0 saturated carbocycles. The summed E-state index contributed by atoms with van der Waals surface area (Å²) in [4.78, 5) is 37.5. The molecule has 0 aliphatic carbocycles. The maximum absolute atomic E-state index is 12.5. The summed E-state index contributed by atoms with van der Waals surface area (Å²) in [6.45, 7) is 4.18. The van der Waals surface area contributed by atoms with Crippen LogP contribution in [0.15, 0.2) is 24.3 Å². The summed E-state index contributed by atoms with van der Waals surface area (Å²) in [6, 6.07) is 7.21. The van der Waals surface area contributed by atoms with Crippen molar-refractivity contribution in [3.05, 3.63) is 29.8 Å². The Balaban J connectivity index is 1.86. The van der Waals surface area contributed by atoms with Gasteiger partial charge in [0.15, 0.2) is 0 Å². The molecule has 0 spiro atoms. The van der Waals surface area contributed by atoms with Crippen LogP contribution in [0.5, 0.6) is 0 Å². The Morgan fingerprint density at radius 3 is 2.69 bits per heavy atom. The topological polar surface area (TPSA) is 112 Å². The zero-order valence-corrected chi connectivity index (χ0v) is 14.8. The first kappa shape index (κ1) is 19.2. The maximum atomic E-state index is 12.5. The molecule has 2 N–H and O–H groups in total. The van der Waals surface area contributed by atoms with E-state index in [0.717, 1.165) is 0 Å². The molecule has 2 atom stereocenters. The summed E-state index contributed by atoms with van der Waals surface area (Å²) in [5.41, 5.74) is 1.21. The number of ether oxygens (including phenoxy) is 1. The highest BCUT2D eigenvalue weighted by Crippen LogP contribution is 2.22. The smallest absolute Gasteiger partial charge is 0.315 e. The molecular weight excluding hydrogens is 336 g/mol. The van der Waals surface area contributed by atoms with Gasteiger partial charge in [-0.2, -0.15) is 5.26 Å². The zero-order valence-electron chi connectivity index (χ0n) is 14.8. The average Bonchev–Trinajstić information content (AvgIpc) is 2.95. The summed E-state index contributed by atoms with van der Waals surface area (Å²) in [6.07, 6.45) is 0.551. The minimum atomic E-state index is -0.625. The summed E-state index contributed by atoms with van der Waals surface area (Å²) in [5, 5.41) is 14.1. The zero-order chi connectivity index (χ0) is 19.1. The summed E-state index contributed by atoms with van der Waals surface area (Å²) < 4.78 is 4.83. The number of hydrogen-bond acceptors (Lipinski definition) is 5. The normalized spacial score (nSPS) is 17.3. The monoisotopic (exact) mass is 358 g/mol. The molecule has 8 heteroatoms. The first-order valence-electron chi connectivity index (χ1n) is 8.48. The largest absolute Gasteiger partial charge is 0.466 e. The van der Waals surface area contributed by atoms with Crippen LogP contribution in [0.2, 0.25) is 0 Å². The molecule has 1 fully saturated rings. The Labute approximate surface area is 152 Å². The Morgan fingerprint density at radius 2 is 2.08 bits per heavy atom. The van der Waals surface area contributed by atoms with Crippen molar-refractivity contribution in [2.45, 2.75) is 38.8 Å². The summed E-state index contributed by atoms with van der Waals surface area (Å²) in [5.74, 6) is -0.591. The molecule has 0 aromatic heterocycles. The molecule has 8 nitrogen and oxygen atoms in total. The molecule has 3 amide bonds. The van der Waals surface area contributed by atoms with Gasteiger partial charge in [0.1, 0.15) is 6.04 Å². The number of nitrogens with one attached hydrogen (secondary N) is 2. The third kappa shape index (κ3) is 4.96. The number of amides is 3. The SMILES string of the molecule is CCOC(=O)CC(C)NC(=O)N[C@H]1CCN(c2ccc(C#N)cc2)C1=O. The van der Waals surface area contributed by atoms with Crippen molar-refractivity contribution in [1.29, 1.82) is 5.26 Å². The molecule has 1 heterocycles. The Morgan fingerprint density at radius 1 is 1.38 bits per heavy atom. The van der Waals surface area contributed by atoms with Crippen molar-refractivity contribution in [2.24, 2.45) is 0 Å². The highest BCUT2D eigenvalue weighted by atomic mass is 16.5. The van der Waals surface area contributed by atoms with Gasteiger partial charge >= 0.3 is 12.0 Å². The van der Waals surface area contributed by atoms with E-state index >= 15 is 0 Å². The molecule has 1 aromatic rings. The molecule has 1 aliphatic heterocycles. The van der Waals surface area contributed by atoms with E-state index in [4.69, 9.17) is 10.00 Å². The van der Waals surface area contributed by atoms with Crippen LogP contribution >= 0.6 is 0 Å². The quantitative estimate of drug-likeness (QED) is 0.745. The lowest BCUT2D eigenvalue weighted by Gasteiger charge is -2.18. The van der Waals surface area contributed by atoms with Crippen molar-refractivity contribution in [3.63, 3.8) is 0 Å². The van der Waals surface area contributed by atoms with Crippen LogP contribution < -0.4 is 15.5 Å². The van der Waals surface area contributed by atoms with Crippen LogP contribution in [0.3, 0.4) is 0 Å². The number of hydrogen-bond donors (Lipinski definition) is 2. The Hall–Kier alpha value is -3.08. The van der Waals surface area contributed by atoms with Gasteiger partial charge in [-0.1, -0.05) is 0 Å². The van der Waals surface area contributed by atoms with E-state index in [1.165, 1.54) is 0 Å². The van der Waals surface area contributed by atoms with E-state index in [1.54, 1.807) is 43.0 Å². The Bertz CT molecular complexity index is 711. The maximum Gasteiger partial charge on any atom is 0.315 e. The fourth-order valence-electron chi connectivity index (χ4n) is 2.73. The van der Waals surface area contributed by atoms with Crippen molar-refractivity contribution in [3.8, 4) is 6.07 Å². The number of esters is 1. The third-order valence-corrected chi connectivity index (χ3v) is 3.97. The number of rotatable bonds is 6. The fourth-order valence-corrected chi connectivity index (χ4v) is 2.73. The highest BCUT2D eigenvalue weighted by Gasteiger charge is 2.33. The van der Waals surface area contributed by atoms with E-state index in [0.29, 0.717) is 30.8 Å². The standard InChI is InChI=1S/C18H22N4O4/c1-3-26-16(23)10-12(2)20-18(25)21-15-8-9-22(17(15)24)14-6-4-13(11-19)5-7-14/h4-7,12,15H,3,8-10H2,1-2H3,(H2,20,21,25)/t12?,15-/m0/s1. The van der Waals surface area contributed by atoms with Gasteiger partial charge in [-0.25, -0.2) is 4.79 Å². The van der Waals surface area contributed by atoms with Crippen LogP contribution in [0.25, 0.3) is 0 Å². The second-order valence-electron chi connectivity index (χ2n) is 6.02. The lowest BCUT2D eigenvalue weighted by atomic mass is 10.2. The third-order valence-electron chi connectivity index (χ3n) is 3.97. The molecule has 1 aliphatic rings. The van der Waals surface area contributed by atoms with Gasteiger partial charge in [0.2, 0.25) is 5.91 Å². The van der Waals surface area contributed by atoms with Crippen molar-refractivity contribution in [1.82, 2.24) is 10.6 Å². The predicted molar refractivity (Wildman–Crippen MR) is 94.3 cm³/mol. The molecule has 0 bridgehead atoms. The fraction of sp³-hybridized carbons (Fsp3) is 0.444. The first-order chi connectivity index (χ1) is 12.4. The van der Waals surface area contributed by atoms with Crippen LogP contribution in [0.1, 0.15) is 32.3 Å². The first-order valence-corrected chi connectivity index (χ1v) is 8.48. The van der Waals surface area contributed by atoms with Crippen molar-refractivity contribution < 1.29 is 19.1 Å². The Kier molecular flexibility index (Phi) is 6.55. The van der Waals surface area contributed by atoms with Gasteiger partial charge in [-0.15, -0.1) is 0 Å². The molecule has 1 saturated heterocycles. The average molecular weight is 358 g/mol. The van der Waals surface area contributed by atoms with Crippen LogP contribution in [0.4, 0.5) is 10.5 Å². The second kappa shape index (κ2) is 8.85. The summed E-state index contributed by atoms with van der Waals surface area (Å²) >= 11 is 0. The number of urea groups is 1. The molecule has 26 heavy (non-hydrogen) atoms. The van der Waals surface area contributed by atoms with Crippen molar-refractivity contribution in [2.75, 3.05) is 18.1 Å². The lowest BCUT2D eigenvalue weighted by Crippen LogP contribution is -2.48. The molecule has 1 unspecified atom stereocenters. The van der Waals surface area contributed by atoms with Gasteiger partial charge in [0.25, 0.3) is 0 Å². The summed E-state index contributed by atoms with van der Waals surface area (Å²) in [7, 11) is 0. The van der Waals surface area contributed by atoms with Gasteiger partial charge in [0.05, 0.1) is 24.7 Å². The number of carbonyl (C=O) groups excluding carboxylic acids is 3. The minimum absolute atomic E-state index is 0.0667. The molecule has 1 aromatic carbocycles. The van der Waals surface area contributed by atoms with E-state index in [9.17, 15) is 14.4 Å². The number of benzene rings is 1. The number of anilines is 1. The highest BCUT2D eigenvalue weighted by molar-refractivity contribution is 6.01. The van der Waals surface area contributed by atoms with Gasteiger partial charge in [-0.3, -0.25) is 9.59 Å². The van der Waals surface area contributed by atoms with E-state index in [1.807, 2.05) is 6.07 Å².